The first-order chi connectivity index (χ1) is 12.3. The van der Waals surface area contributed by atoms with E-state index in [1.54, 1.807) is 0 Å². The fourth-order valence-corrected chi connectivity index (χ4v) is 4.00. The van der Waals surface area contributed by atoms with Crippen LogP contribution in [0.25, 0.3) is 5.57 Å². The second-order valence-electron chi connectivity index (χ2n) is 6.00. The lowest BCUT2D eigenvalue weighted by Gasteiger charge is -2.16. The van der Waals surface area contributed by atoms with Gasteiger partial charge in [0.1, 0.15) is 5.82 Å². The third-order valence-electron chi connectivity index (χ3n) is 4.14. The van der Waals surface area contributed by atoms with Crippen molar-refractivity contribution in [2.75, 3.05) is 10.7 Å². The van der Waals surface area contributed by atoms with E-state index in [-0.39, 0.29) is 10.7 Å². The molecule has 0 saturated carbocycles. The van der Waals surface area contributed by atoms with Gasteiger partial charge in [0.25, 0.3) is 11.8 Å². The number of thioether (sulfide) groups is 1. The monoisotopic (exact) mass is 389 g/mol. The quantitative estimate of drug-likeness (QED) is 0.680. The van der Waals surface area contributed by atoms with Gasteiger partial charge in [-0.15, -0.1) is 11.8 Å². The summed E-state index contributed by atoms with van der Waals surface area (Å²) in [5, 5.41) is -0.132. The molecule has 0 saturated heterocycles. The molecule has 0 unspecified atom stereocenters. The molecule has 0 fully saturated rings. The molecule has 0 spiro atoms. The van der Waals surface area contributed by atoms with Gasteiger partial charge in [-0.25, -0.2) is 9.29 Å². The van der Waals surface area contributed by atoms with Gasteiger partial charge in [0.15, 0.2) is 0 Å². The highest BCUT2D eigenvalue weighted by atomic mass is 35.5. The fraction of sp³-hybridized carbons (Fsp3) is 0.200. The Hall–Kier alpha value is -2.11. The smallest absolute Gasteiger partial charge is 0.268 e. The summed E-state index contributed by atoms with van der Waals surface area (Å²) in [6.07, 6.45) is 0. The van der Waals surface area contributed by atoms with Gasteiger partial charge in [-0.3, -0.25) is 9.59 Å². The van der Waals surface area contributed by atoms with Gasteiger partial charge >= 0.3 is 0 Å². The normalized spacial score (nSPS) is 14.6. The predicted octanol–water partition coefficient (Wildman–Crippen LogP) is 5.13. The van der Waals surface area contributed by atoms with E-state index in [1.807, 2.05) is 39.0 Å². The molecule has 134 valence electrons. The zero-order valence-electron chi connectivity index (χ0n) is 14.6. The Morgan fingerprint density at radius 3 is 2.42 bits per heavy atom. The maximum atomic E-state index is 13.5. The first-order valence-electron chi connectivity index (χ1n) is 8.13. The summed E-state index contributed by atoms with van der Waals surface area (Å²) < 4.78 is 13.5. The molecular weight excluding hydrogens is 373 g/mol. The van der Waals surface area contributed by atoms with Crippen LogP contribution < -0.4 is 4.90 Å². The van der Waals surface area contributed by atoms with Crippen LogP contribution in [0.3, 0.4) is 0 Å². The topological polar surface area (TPSA) is 37.4 Å². The second-order valence-corrected chi connectivity index (χ2v) is 7.68. The number of hydrogen-bond acceptors (Lipinski definition) is 3. The molecule has 1 heterocycles. The summed E-state index contributed by atoms with van der Waals surface area (Å²) in [5.74, 6) is -0.763. The van der Waals surface area contributed by atoms with Crippen molar-refractivity contribution in [3.8, 4) is 0 Å². The van der Waals surface area contributed by atoms with Gasteiger partial charge in [-0.2, -0.15) is 0 Å². The SMILES string of the molecule is CCSC1=C(c2ccc(C)cc2C)C(=O)N(c2ccc(F)c(Cl)c2)C1=O. The third kappa shape index (κ3) is 3.17. The van der Waals surface area contributed by atoms with Gasteiger partial charge in [0.05, 0.1) is 21.2 Å². The Kier molecular flexibility index (Phi) is 5.21. The van der Waals surface area contributed by atoms with Crippen molar-refractivity contribution in [2.24, 2.45) is 0 Å². The van der Waals surface area contributed by atoms with Crippen molar-refractivity contribution in [2.45, 2.75) is 20.8 Å². The van der Waals surface area contributed by atoms with Crippen LogP contribution in [0.15, 0.2) is 41.3 Å². The van der Waals surface area contributed by atoms with Gasteiger partial charge in [0.2, 0.25) is 0 Å². The minimum Gasteiger partial charge on any atom is -0.268 e. The maximum absolute atomic E-state index is 13.5. The number of aryl methyl sites for hydroxylation is 2. The Labute approximate surface area is 160 Å². The van der Waals surface area contributed by atoms with E-state index in [1.165, 1.54) is 23.9 Å². The number of rotatable bonds is 4. The number of imide groups is 1. The molecule has 2 amide bonds. The Morgan fingerprint density at radius 2 is 1.81 bits per heavy atom. The molecule has 3 rings (SSSR count). The van der Waals surface area contributed by atoms with Crippen LogP contribution in [0.5, 0.6) is 0 Å². The first-order valence-corrected chi connectivity index (χ1v) is 9.50. The Morgan fingerprint density at radius 1 is 1.08 bits per heavy atom. The number of hydrogen-bond donors (Lipinski definition) is 0. The van der Waals surface area contributed by atoms with Crippen molar-refractivity contribution in [3.05, 3.63) is 68.8 Å². The molecule has 1 aliphatic rings. The van der Waals surface area contributed by atoms with E-state index in [0.29, 0.717) is 16.2 Å². The molecule has 0 aromatic heterocycles. The van der Waals surface area contributed by atoms with E-state index < -0.39 is 17.6 Å². The van der Waals surface area contributed by atoms with E-state index >= 15 is 0 Å². The summed E-state index contributed by atoms with van der Waals surface area (Å²) in [7, 11) is 0. The number of carbonyl (C=O) groups excluding carboxylic acids is 2. The molecule has 0 atom stereocenters. The molecule has 26 heavy (non-hydrogen) atoms. The molecule has 0 N–H and O–H groups in total. The van der Waals surface area contributed by atoms with E-state index in [2.05, 4.69) is 0 Å². The van der Waals surface area contributed by atoms with Crippen LogP contribution in [0.1, 0.15) is 23.6 Å². The second kappa shape index (κ2) is 7.25. The molecule has 1 aliphatic heterocycles. The maximum Gasteiger partial charge on any atom is 0.272 e. The zero-order valence-corrected chi connectivity index (χ0v) is 16.2. The Bertz CT molecular complexity index is 955. The van der Waals surface area contributed by atoms with Crippen molar-refractivity contribution >= 4 is 46.4 Å². The molecule has 0 radical (unpaired) electrons. The standard InChI is InChI=1S/C20H17ClFNO2S/c1-4-26-18-17(14-7-5-11(2)9-12(14)3)19(24)23(20(18)25)13-6-8-16(22)15(21)10-13/h5-10H,4H2,1-3H3. The van der Waals surface area contributed by atoms with Crippen LogP contribution in [0.4, 0.5) is 10.1 Å². The van der Waals surface area contributed by atoms with E-state index in [9.17, 15) is 14.0 Å². The van der Waals surface area contributed by atoms with Gasteiger partial charge < -0.3 is 0 Å². The highest BCUT2D eigenvalue weighted by Crippen LogP contribution is 2.40. The van der Waals surface area contributed by atoms with Crippen LogP contribution in [-0.2, 0) is 9.59 Å². The molecular formula is C20H17ClFNO2S. The minimum atomic E-state index is -0.597. The highest BCUT2D eigenvalue weighted by Gasteiger charge is 2.40. The van der Waals surface area contributed by atoms with Crippen LogP contribution in [-0.4, -0.2) is 17.6 Å². The number of carbonyl (C=O) groups is 2. The number of amides is 2. The van der Waals surface area contributed by atoms with Crippen LogP contribution in [0.2, 0.25) is 5.02 Å². The highest BCUT2D eigenvalue weighted by molar-refractivity contribution is 8.04. The van der Waals surface area contributed by atoms with Crippen molar-refractivity contribution in [1.82, 2.24) is 0 Å². The number of benzene rings is 2. The summed E-state index contributed by atoms with van der Waals surface area (Å²) in [6, 6.07) is 9.59. The molecule has 0 aliphatic carbocycles. The summed E-state index contributed by atoms with van der Waals surface area (Å²) in [6.45, 7) is 5.81. The molecule has 2 aromatic rings. The largest absolute Gasteiger partial charge is 0.272 e. The fourth-order valence-electron chi connectivity index (χ4n) is 2.98. The lowest BCUT2D eigenvalue weighted by molar-refractivity contribution is -0.119. The van der Waals surface area contributed by atoms with E-state index in [4.69, 9.17) is 11.6 Å². The average Bonchev–Trinajstić information content (AvgIpc) is 2.82. The predicted molar refractivity (Wildman–Crippen MR) is 105 cm³/mol. The summed E-state index contributed by atoms with van der Waals surface area (Å²) in [5.41, 5.74) is 3.39. The average molecular weight is 390 g/mol. The lowest BCUT2D eigenvalue weighted by Crippen LogP contribution is -2.31. The number of halogens is 2. The van der Waals surface area contributed by atoms with Crippen LogP contribution >= 0.6 is 23.4 Å². The molecule has 2 aromatic carbocycles. The molecule has 6 heteroatoms. The van der Waals surface area contributed by atoms with Crippen molar-refractivity contribution in [3.63, 3.8) is 0 Å². The van der Waals surface area contributed by atoms with Crippen molar-refractivity contribution in [1.29, 1.82) is 0 Å². The van der Waals surface area contributed by atoms with Crippen molar-refractivity contribution < 1.29 is 14.0 Å². The number of anilines is 1. The van der Waals surface area contributed by atoms with Gasteiger partial charge in [0, 0.05) is 0 Å². The van der Waals surface area contributed by atoms with Crippen LogP contribution in [0, 0.1) is 19.7 Å². The Balaban J connectivity index is 2.13. The molecule has 3 nitrogen and oxygen atoms in total. The van der Waals surface area contributed by atoms with Gasteiger partial charge in [-0.1, -0.05) is 42.3 Å². The van der Waals surface area contributed by atoms with E-state index in [0.717, 1.165) is 27.7 Å². The lowest BCUT2D eigenvalue weighted by atomic mass is 9.99. The number of nitrogens with zero attached hydrogens (tertiary/aromatic N) is 1. The first kappa shape index (κ1) is 18.7. The summed E-state index contributed by atoms with van der Waals surface area (Å²) >= 11 is 7.17. The zero-order chi connectivity index (χ0) is 19.0. The summed E-state index contributed by atoms with van der Waals surface area (Å²) in [4.78, 5) is 27.6. The molecule has 0 bridgehead atoms. The minimum absolute atomic E-state index is 0.132. The third-order valence-corrected chi connectivity index (χ3v) is 5.39. The van der Waals surface area contributed by atoms with Gasteiger partial charge in [-0.05, 0) is 48.9 Å².